The lowest BCUT2D eigenvalue weighted by atomic mass is 10.1. The molecule has 0 spiro atoms. The number of para-hydroxylation sites is 1. The lowest BCUT2D eigenvalue weighted by molar-refractivity contribution is -0.118. The van der Waals surface area contributed by atoms with Crippen LogP contribution in [0.2, 0.25) is 0 Å². The van der Waals surface area contributed by atoms with Crippen LogP contribution in [-0.4, -0.2) is 36.4 Å². The number of aryl methyl sites for hydroxylation is 1. The van der Waals surface area contributed by atoms with Crippen molar-refractivity contribution in [1.82, 2.24) is 4.90 Å². The van der Waals surface area contributed by atoms with Crippen LogP contribution in [0.25, 0.3) is 0 Å². The summed E-state index contributed by atoms with van der Waals surface area (Å²) in [5, 5.41) is 2.78. The van der Waals surface area contributed by atoms with Gasteiger partial charge in [0.05, 0.1) is 0 Å². The predicted octanol–water partition coefficient (Wildman–Crippen LogP) is 3.75. The monoisotopic (exact) mass is 354 g/mol. The van der Waals surface area contributed by atoms with Crippen molar-refractivity contribution in [2.75, 3.05) is 25.0 Å². The molecule has 0 aromatic heterocycles. The first-order valence-electron chi connectivity index (χ1n) is 8.98. The van der Waals surface area contributed by atoms with E-state index in [-0.39, 0.29) is 18.4 Å². The molecule has 1 N–H and O–H groups in total. The van der Waals surface area contributed by atoms with E-state index in [1.165, 1.54) is 0 Å². The quantitative estimate of drug-likeness (QED) is 0.785. The zero-order chi connectivity index (χ0) is 18.9. The standard InChI is InChI=1S/C21H26N2O3/c1-4-16-9-7-8-10-19(16)26-15-20(24)22-18-13-11-17(12-14-18)21(25)23(5-2)6-3/h7-14H,4-6,15H2,1-3H3,(H,22,24). The third-order valence-corrected chi connectivity index (χ3v) is 4.18. The van der Waals surface area contributed by atoms with Crippen molar-refractivity contribution in [1.29, 1.82) is 0 Å². The second kappa shape index (κ2) is 9.61. The molecule has 2 aromatic rings. The maximum absolute atomic E-state index is 12.3. The summed E-state index contributed by atoms with van der Waals surface area (Å²) in [6.45, 7) is 7.23. The molecular formula is C21H26N2O3. The summed E-state index contributed by atoms with van der Waals surface area (Å²) in [5.74, 6) is 0.483. The van der Waals surface area contributed by atoms with Gasteiger partial charge >= 0.3 is 0 Å². The van der Waals surface area contributed by atoms with Gasteiger partial charge in [0.2, 0.25) is 0 Å². The summed E-state index contributed by atoms with van der Waals surface area (Å²) in [7, 11) is 0. The van der Waals surface area contributed by atoms with E-state index in [2.05, 4.69) is 5.32 Å². The highest BCUT2D eigenvalue weighted by Gasteiger charge is 2.12. The van der Waals surface area contributed by atoms with Crippen LogP contribution in [0.1, 0.15) is 36.7 Å². The number of anilines is 1. The predicted molar refractivity (Wildman–Crippen MR) is 104 cm³/mol. The Bertz CT molecular complexity index is 737. The van der Waals surface area contributed by atoms with Crippen LogP contribution in [0.4, 0.5) is 5.69 Å². The van der Waals surface area contributed by atoms with Crippen molar-refractivity contribution in [3.05, 3.63) is 59.7 Å². The molecule has 0 unspecified atom stereocenters. The van der Waals surface area contributed by atoms with Crippen molar-refractivity contribution in [2.24, 2.45) is 0 Å². The van der Waals surface area contributed by atoms with Gasteiger partial charge in [-0.3, -0.25) is 9.59 Å². The van der Waals surface area contributed by atoms with Crippen LogP contribution in [0.5, 0.6) is 5.75 Å². The van der Waals surface area contributed by atoms with Gasteiger partial charge < -0.3 is 15.0 Å². The smallest absolute Gasteiger partial charge is 0.262 e. The fraction of sp³-hybridized carbons (Fsp3) is 0.333. The van der Waals surface area contributed by atoms with E-state index in [0.29, 0.717) is 24.3 Å². The Balaban J connectivity index is 1.92. The van der Waals surface area contributed by atoms with Crippen molar-refractivity contribution in [2.45, 2.75) is 27.2 Å². The molecular weight excluding hydrogens is 328 g/mol. The molecule has 0 saturated carbocycles. The van der Waals surface area contributed by atoms with Crippen molar-refractivity contribution < 1.29 is 14.3 Å². The molecule has 0 aliphatic carbocycles. The number of carbonyl (C=O) groups is 2. The fourth-order valence-corrected chi connectivity index (χ4v) is 2.67. The Kier molecular flexibility index (Phi) is 7.21. The van der Waals surface area contributed by atoms with E-state index in [1.807, 2.05) is 45.0 Å². The van der Waals surface area contributed by atoms with Gasteiger partial charge in [0.1, 0.15) is 5.75 Å². The SMILES string of the molecule is CCc1ccccc1OCC(=O)Nc1ccc(C(=O)N(CC)CC)cc1. The van der Waals surface area contributed by atoms with E-state index in [0.717, 1.165) is 17.7 Å². The summed E-state index contributed by atoms with van der Waals surface area (Å²) in [6, 6.07) is 14.6. The maximum atomic E-state index is 12.3. The normalized spacial score (nSPS) is 10.3. The van der Waals surface area contributed by atoms with Crippen molar-refractivity contribution >= 4 is 17.5 Å². The number of rotatable bonds is 8. The second-order valence-electron chi connectivity index (χ2n) is 5.85. The molecule has 0 fully saturated rings. The van der Waals surface area contributed by atoms with Gasteiger partial charge in [0.25, 0.3) is 11.8 Å². The minimum atomic E-state index is -0.237. The molecule has 0 heterocycles. The number of nitrogens with one attached hydrogen (secondary N) is 1. The van der Waals surface area contributed by atoms with E-state index in [4.69, 9.17) is 4.74 Å². The van der Waals surface area contributed by atoms with Crippen LogP contribution in [-0.2, 0) is 11.2 Å². The lowest BCUT2D eigenvalue weighted by Crippen LogP contribution is -2.30. The molecule has 0 atom stereocenters. The Morgan fingerprint density at radius 1 is 0.962 bits per heavy atom. The number of carbonyl (C=O) groups excluding carboxylic acids is 2. The summed E-state index contributed by atoms with van der Waals surface area (Å²) < 4.78 is 5.61. The zero-order valence-corrected chi connectivity index (χ0v) is 15.6. The first kappa shape index (κ1) is 19.5. The van der Waals surface area contributed by atoms with Gasteiger partial charge in [0, 0.05) is 24.3 Å². The van der Waals surface area contributed by atoms with Crippen molar-refractivity contribution in [3.63, 3.8) is 0 Å². The molecule has 2 amide bonds. The fourth-order valence-electron chi connectivity index (χ4n) is 2.67. The molecule has 0 radical (unpaired) electrons. The average molecular weight is 354 g/mol. The minimum absolute atomic E-state index is 0.00705. The van der Waals surface area contributed by atoms with Crippen LogP contribution in [0, 0.1) is 0 Å². The number of hydrogen-bond acceptors (Lipinski definition) is 3. The van der Waals surface area contributed by atoms with Crippen LogP contribution < -0.4 is 10.1 Å². The van der Waals surface area contributed by atoms with Crippen LogP contribution in [0.15, 0.2) is 48.5 Å². The lowest BCUT2D eigenvalue weighted by Gasteiger charge is -2.18. The summed E-state index contributed by atoms with van der Waals surface area (Å²) in [6.07, 6.45) is 0.847. The summed E-state index contributed by atoms with van der Waals surface area (Å²) in [5.41, 5.74) is 2.32. The number of amides is 2. The van der Waals surface area contributed by atoms with Crippen molar-refractivity contribution in [3.8, 4) is 5.75 Å². The van der Waals surface area contributed by atoms with Crippen LogP contribution >= 0.6 is 0 Å². The number of benzene rings is 2. The van der Waals surface area contributed by atoms with Gasteiger partial charge in [0.15, 0.2) is 6.61 Å². The molecule has 26 heavy (non-hydrogen) atoms. The number of hydrogen-bond donors (Lipinski definition) is 1. The van der Waals surface area contributed by atoms with Gasteiger partial charge in [-0.05, 0) is 56.2 Å². The van der Waals surface area contributed by atoms with Crippen LogP contribution in [0.3, 0.4) is 0 Å². The first-order chi connectivity index (χ1) is 12.6. The molecule has 138 valence electrons. The molecule has 5 nitrogen and oxygen atoms in total. The van der Waals surface area contributed by atoms with E-state index < -0.39 is 0 Å². The third kappa shape index (κ3) is 5.09. The Hall–Kier alpha value is -2.82. The molecule has 2 rings (SSSR count). The highest BCUT2D eigenvalue weighted by Crippen LogP contribution is 2.18. The second-order valence-corrected chi connectivity index (χ2v) is 5.85. The average Bonchev–Trinajstić information content (AvgIpc) is 2.68. The highest BCUT2D eigenvalue weighted by atomic mass is 16.5. The van der Waals surface area contributed by atoms with Gasteiger partial charge in [-0.1, -0.05) is 25.1 Å². The minimum Gasteiger partial charge on any atom is -0.483 e. The summed E-state index contributed by atoms with van der Waals surface area (Å²) >= 11 is 0. The number of nitrogens with zero attached hydrogens (tertiary/aromatic N) is 1. The van der Waals surface area contributed by atoms with E-state index in [9.17, 15) is 9.59 Å². The Morgan fingerprint density at radius 2 is 1.62 bits per heavy atom. The van der Waals surface area contributed by atoms with E-state index >= 15 is 0 Å². The third-order valence-electron chi connectivity index (χ3n) is 4.18. The largest absolute Gasteiger partial charge is 0.483 e. The molecule has 0 saturated heterocycles. The summed E-state index contributed by atoms with van der Waals surface area (Å²) in [4.78, 5) is 26.1. The molecule has 2 aromatic carbocycles. The van der Waals surface area contributed by atoms with E-state index in [1.54, 1.807) is 29.2 Å². The maximum Gasteiger partial charge on any atom is 0.262 e. The molecule has 0 bridgehead atoms. The topological polar surface area (TPSA) is 58.6 Å². The molecule has 0 aliphatic heterocycles. The Morgan fingerprint density at radius 3 is 2.23 bits per heavy atom. The molecule has 5 heteroatoms. The van der Waals surface area contributed by atoms with Gasteiger partial charge in [-0.2, -0.15) is 0 Å². The zero-order valence-electron chi connectivity index (χ0n) is 15.6. The number of ether oxygens (including phenoxy) is 1. The first-order valence-corrected chi connectivity index (χ1v) is 8.98. The molecule has 0 aliphatic rings. The van der Waals surface area contributed by atoms with Gasteiger partial charge in [-0.25, -0.2) is 0 Å². The van der Waals surface area contributed by atoms with Gasteiger partial charge in [-0.15, -0.1) is 0 Å². The Labute approximate surface area is 155 Å². The highest BCUT2D eigenvalue weighted by molar-refractivity contribution is 5.96.